The molecule has 0 unspecified atom stereocenters. The SMILES string of the molecule is Cc1ccc(S/C=C/[Se]c2ccc(Cl)cc2)cc1. The molecular formula is C15H13ClSSe. The monoisotopic (exact) mass is 340 g/mol. The van der Waals surface area contributed by atoms with Crippen LogP contribution in [0, 0.1) is 6.92 Å². The zero-order chi connectivity index (χ0) is 12.8. The zero-order valence-electron chi connectivity index (χ0n) is 9.97. The van der Waals surface area contributed by atoms with Crippen molar-refractivity contribution in [3.8, 4) is 0 Å². The molecule has 0 radical (unpaired) electrons. The molecule has 0 heterocycles. The standard InChI is InChI=1S/C15H13ClSSe/c1-12-2-6-14(7-3-12)17-10-11-18-15-8-4-13(16)5-9-15/h2-11H,1H3/b11-10+. The van der Waals surface area contributed by atoms with Crippen molar-refractivity contribution in [3.63, 3.8) is 0 Å². The molecule has 18 heavy (non-hydrogen) atoms. The summed E-state index contributed by atoms with van der Waals surface area (Å²) in [5.74, 6) is 0. The van der Waals surface area contributed by atoms with E-state index in [1.807, 2.05) is 12.1 Å². The average Bonchev–Trinajstić information content (AvgIpc) is 2.39. The van der Waals surface area contributed by atoms with Gasteiger partial charge in [-0.1, -0.05) is 0 Å². The number of rotatable bonds is 4. The summed E-state index contributed by atoms with van der Waals surface area (Å²) in [7, 11) is 0. The molecule has 2 aromatic rings. The Kier molecular flexibility index (Phi) is 5.40. The fourth-order valence-corrected chi connectivity index (χ4v) is 3.67. The molecule has 0 aliphatic rings. The van der Waals surface area contributed by atoms with Crippen molar-refractivity contribution in [1.82, 2.24) is 0 Å². The maximum atomic E-state index is 5.85. The Bertz CT molecular complexity index is 468. The molecule has 0 aliphatic carbocycles. The van der Waals surface area contributed by atoms with E-state index < -0.39 is 0 Å². The zero-order valence-corrected chi connectivity index (χ0v) is 13.3. The van der Waals surface area contributed by atoms with Gasteiger partial charge in [-0.25, -0.2) is 0 Å². The number of hydrogen-bond acceptors (Lipinski definition) is 1. The van der Waals surface area contributed by atoms with E-state index in [1.54, 1.807) is 11.8 Å². The van der Waals surface area contributed by atoms with Crippen molar-refractivity contribution >= 4 is 42.8 Å². The van der Waals surface area contributed by atoms with Crippen molar-refractivity contribution in [3.05, 3.63) is 69.5 Å². The van der Waals surface area contributed by atoms with E-state index in [-0.39, 0.29) is 0 Å². The molecular weight excluding hydrogens is 327 g/mol. The topological polar surface area (TPSA) is 0 Å². The van der Waals surface area contributed by atoms with E-state index in [1.165, 1.54) is 14.9 Å². The van der Waals surface area contributed by atoms with Crippen LogP contribution in [-0.2, 0) is 0 Å². The normalized spacial score (nSPS) is 11.0. The van der Waals surface area contributed by atoms with Gasteiger partial charge in [0, 0.05) is 0 Å². The van der Waals surface area contributed by atoms with Crippen molar-refractivity contribution in [2.45, 2.75) is 11.8 Å². The Morgan fingerprint density at radius 3 is 2.33 bits per heavy atom. The first kappa shape index (κ1) is 13.8. The van der Waals surface area contributed by atoms with Crippen LogP contribution in [0.3, 0.4) is 0 Å². The summed E-state index contributed by atoms with van der Waals surface area (Å²) in [6.07, 6.45) is 0. The molecule has 0 aliphatic heterocycles. The quantitative estimate of drug-likeness (QED) is 0.593. The van der Waals surface area contributed by atoms with Crippen LogP contribution in [0.1, 0.15) is 5.56 Å². The van der Waals surface area contributed by atoms with Crippen molar-refractivity contribution in [1.29, 1.82) is 0 Å². The summed E-state index contributed by atoms with van der Waals surface area (Å²) >= 11 is 7.99. The Morgan fingerprint density at radius 2 is 1.67 bits per heavy atom. The fourth-order valence-electron chi connectivity index (χ4n) is 1.34. The van der Waals surface area contributed by atoms with Crippen LogP contribution in [0.25, 0.3) is 0 Å². The van der Waals surface area contributed by atoms with Crippen LogP contribution in [0.5, 0.6) is 0 Å². The van der Waals surface area contributed by atoms with Crippen molar-refractivity contribution < 1.29 is 0 Å². The molecule has 3 heteroatoms. The molecule has 0 atom stereocenters. The summed E-state index contributed by atoms with van der Waals surface area (Å²) in [6, 6.07) is 16.6. The second-order valence-electron chi connectivity index (χ2n) is 3.77. The molecule has 0 aromatic heterocycles. The number of thioether (sulfide) groups is 1. The molecule has 2 aromatic carbocycles. The van der Waals surface area contributed by atoms with E-state index >= 15 is 0 Å². The molecule has 0 amide bonds. The Labute approximate surface area is 124 Å². The molecule has 2 rings (SSSR count). The number of aryl methyl sites for hydroxylation is 1. The van der Waals surface area contributed by atoms with Gasteiger partial charge in [-0.3, -0.25) is 0 Å². The Hall–Kier alpha value is -0.661. The van der Waals surface area contributed by atoms with Crippen LogP contribution in [0.4, 0.5) is 0 Å². The summed E-state index contributed by atoms with van der Waals surface area (Å²) in [6.45, 7) is 2.11. The predicted molar refractivity (Wildman–Crippen MR) is 83.0 cm³/mol. The predicted octanol–water partition coefficient (Wildman–Crippen LogP) is 4.24. The number of benzene rings is 2. The number of halogens is 1. The Morgan fingerprint density at radius 1 is 1.00 bits per heavy atom. The van der Waals surface area contributed by atoms with Gasteiger partial charge >= 0.3 is 124 Å². The van der Waals surface area contributed by atoms with Gasteiger partial charge in [0.05, 0.1) is 0 Å². The first-order valence-corrected chi connectivity index (χ1v) is 8.65. The molecule has 0 saturated heterocycles. The molecule has 0 spiro atoms. The first-order valence-electron chi connectivity index (χ1n) is 5.54. The van der Waals surface area contributed by atoms with Crippen LogP contribution < -0.4 is 4.46 Å². The first-order chi connectivity index (χ1) is 8.74. The van der Waals surface area contributed by atoms with Crippen LogP contribution >= 0.6 is 23.4 Å². The second kappa shape index (κ2) is 7.06. The summed E-state index contributed by atoms with van der Waals surface area (Å²) in [5, 5.41) is 2.96. The fraction of sp³-hybridized carbons (Fsp3) is 0.0667. The molecule has 0 nitrogen and oxygen atoms in total. The van der Waals surface area contributed by atoms with Gasteiger partial charge in [0.2, 0.25) is 0 Å². The third kappa shape index (κ3) is 4.55. The van der Waals surface area contributed by atoms with Gasteiger partial charge in [-0.05, 0) is 0 Å². The van der Waals surface area contributed by atoms with Gasteiger partial charge in [-0.2, -0.15) is 0 Å². The average molecular weight is 340 g/mol. The third-order valence-electron chi connectivity index (χ3n) is 2.30. The molecule has 92 valence electrons. The minimum atomic E-state index is 0.377. The van der Waals surface area contributed by atoms with Gasteiger partial charge in [0.15, 0.2) is 0 Å². The number of hydrogen-bond donors (Lipinski definition) is 0. The van der Waals surface area contributed by atoms with E-state index in [0.29, 0.717) is 15.0 Å². The van der Waals surface area contributed by atoms with Crippen LogP contribution in [0.2, 0.25) is 5.02 Å². The van der Waals surface area contributed by atoms with Crippen molar-refractivity contribution in [2.24, 2.45) is 0 Å². The minimum absolute atomic E-state index is 0.377. The van der Waals surface area contributed by atoms with Crippen LogP contribution in [-0.4, -0.2) is 15.0 Å². The third-order valence-corrected chi connectivity index (χ3v) is 5.47. The molecule has 0 saturated carbocycles. The van der Waals surface area contributed by atoms with Gasteiger partial charge in [-0.15, -0.1) is 0 Å². The van der Waals surface area contributed by atoms with Crippen molar-refractivity contribution in [2.75, 3.05) is 0 Å². The molecule has 0 bridgehead atoms. The van der Waals surface area contributed by atoms with Crippen LogP contribution in [0.15, 0.2) is 63.8 Å². The summed E-state index contributed by atoms with van der Waals surface area (Å²) in [5.41, 5.74) is 1.30. The van der Waals surface area contributed by atoms with E-state index in [9.17, 15) is 0 Å². The Balaban J connectivity index is 1.85. The summed E-state index contributed by atoms with van der Waals surface area (Å²) < 4.78 is 1.34. The van der Waals surface area contributed by atoms with Gasteiger partial charge in [0.1, 0.15) is 0 Å². The maximum absolute atomic E-state index is 5.85. The summed E-state index contributed by atoms with van der Waals surface area (Å²) in [4.78, 5) is 3.52. The molecule has 0 fully saturated rings. The van der Waals surface area contributed by atoms with Gasteiger partial charge < -0.3 is 0 Å². The van der Waals surface area contributed by atoms with E-state index in [4.69, 9.17) is 11.6 Å². The van der Waals surface area contributed by atoms with E-state index in [0.717, 1.165) is 5.02 Å². The van der Waals surface area contributed by atoms with Gasteiger partial charge in [0.25, 0.3) is 0 Å². The van der Waals surface area contributed by atoms with E-state index in [2.05, 4.69) is 53.7 Å². The second-order valence-corrected chi connectivity index (χ2v) is 7.25. The molecule has 0 N–H and O–H groups in total.